The fraction of sp³-hybridized carbons (Fsp3) is 0.190. The minimum absolute atomic E-state index is 0.00431. The van der Waals surface area contributed by atoms with Gasteiger partial charge in [0, 0.05) is 24.1 Å². The van der Waals surface area contributed by atoms with Crippen LogP contribution in [-0.2, 0) is 6.54 Å². The van der Waals surface area contributed by atoms with Crippen molar-refractivity contribution in [3.8, 4) is 11.3 Å². The molecule has 0 aliphatic carbocycles. The maximum absolute atomic E-state index is 13.2. The number of hydrogen-bond donors (Lipinski definition) is 2. The summed E-state index contributed by atoms with van der Waals surface area (Å²) in [5.74, 6) is 0.224. The molecule has 2 N–H and O–H groups in total. The Balaban J connectivity index is 1.63. The normalized spacial score (nSPS) is 11.1. The average molecular weight is 377 g/mol. The number of hydrogen-bond acceptors (Lipinski definition) is 4. The third-order valence-electron chi connectivity index (χ3n) is 4.56. The third-order valence-corrected chi connectivity index (χ3v) is 4.56. The van der Waals surface area contributed by atoms with Crippen molar-refractivity contribution in [2.24, 2.45) is 0 Å². The Morgan fingerprint density at radius 1 is 1.18 bits per heavy atom. The molecule has 4 rings (SSSR count). The second-order valence-electron chi connectivity index (χ2n) is 6.53. The maximum atomic E-state index is 13.2. The molecule has 6 nitrogen and oxygen atoms in total. The Labute approximate surface area is 161 Å². The summed E-state index contributed by atoms with van der Waals surface area (Å²) in [6.45, 7) is 2.40. The monoisotopic (exact) mass is 377 g/mol. The molecule has 28 heavy (non-hydrogen) atoms. The Kier molecular flexibility index (Phi) is 4.89. The molecule has 2 aromatic carbocycles. The van der Waals surface area contributed by atoms with Crippen LogP contribution >= 0.6 is 0 Å². The van der Waals surface area contributed by atoms with Gasteiger partial charge in [0.05, 0.1) is 22.9 Å². The molecule has 0 fully saturated rings. The summed E-state index contributed by atoms with van der Waals surface area (Å²) < 4.78 is 14.8. The van der Waals surface area contributed by atoms with Gasteiger partial charge in [-0.3, -0.25) is 9.89 Å². The molecule has 0 aliphatic heterocycles. The number of carbonyl (C=O) groups excluding carboxylic acids is 1. The number of para-hydroxylation sites is 2. The summed E-state index contributed by atoms with van der Waals surface area (Å²) in [7, 11) is 0. The van der Waals surface area contributed by atoms with Crippen LogP contribution in [0.1, 0.15) is 30.1 Å². The number of anilines is 1. The molecule has 0 saturated heterocycles. The smallest absolute Gasteiger partial charge is 0.233 e. The van der Waals surface area contributed by atoms with Crippen molar-refractivity contribution in [2.45, 2.75) is 26.3 Å². The number of imidazole rings is 1. The molecule has 0 amide bonds. The first-order valence-corrected chi connectivity index (χ1v) is 9.20. The van der Waals surface area contributed by atoms with E-state index in [0.717, 1.165) is 34.3 Å². The number of halogens is 1. The molecule has 142 valence electrons. The number of aromatic amines is 1. The summed E-state index contributed by atoms with van der Waals surface area (Å²) in [4.78, 5) is 17.2. The third kappa shape index (κ3) is 3.38. The maximum Gasteiger partial charge on any atom is 0.233 e. The van der Waals surface area contributed by atoms with Crippen LogP contribution in [0.15, 0.2) is 54.7 Å². The van der Waals surface area contributed by atoms with E-state index in [-0.39, 0.29) is 11.7 Å². The highest BCUT2D eigenvalue weighted by Crippen LogP contribution is 2.24. The van der Waals surface area contributed by atoms with Crippen molar-refractivity contribution in [1.29, 1.82) is 0 Å². The second kappa shape index (κ2) is 7.64. The van der Waals surface area contributed by atoms with E-state index in [2.05, 4.69) is 20.5 Å². The van der Waals surface area contributed by atoms with Gasteiger partial charge in [-0.15, -0.1) is 0 Å². The topological polar surface area (TPSA) is 75.6 Å². The van der Waals surface area contributed by atoms with Gasteiger partial charge in [0.25, 0.3) is 0 Å². The van der Waals surface area contributed by atoms with Crippen molar-refractivity contribution < 1.29 is 9.18 Å². The van der Waals surface area contributed by atoms with Gasteiger partial charge < -0.3 is 5.32 Å². The van der Waals surface area contributed by atoms with Gasteiger partial charge in [0.15, 0.2) is 0 Å². The molecule has 0 unspecified atom stereocenters. The lowest BCUT2D eigenvalue weighted by atomic mass is 10.1. The van der Waals surface area contributed by atoms with Crippen molar-refractivity contribution >= 4 is 22.9 Å². The van der Waals surface area contributed by atoms with E-state index < -0.39 is 0 Å². The van der Waals surface area contributed by atoms with Crippen molar-refractivity contribution in [1.82, 2.24) is 19.7 Å². The van der Waals surface area contributed by atoms with Crippen LogP contribution in [0, 0.1) is 5.82 Å². The van der Waals surface area contributed by atoms with Gasteiger partial charge in [-0.05, 0) is 42.8 Å². The van der Waals surface area contributed by atoms with E-state index in [1.807, 2.05) is 31.2 Å². The number of fused-ring (bicyclic) bond motifs is 1. The van der Waals surface area contributed by atoms with E-state index in [0.29, 0.717) is 18.9 Å². The predicted octanol–water partition coefficient (Wildman–Crippen LogP) is 4.62. The molecule has 0 spiro atoms. The summed E-state index contributed by atoms with van der Waals surface area (Å²) in [5.41, 5.74) is 4.09. The standard InChI is InChI=1S/C21H20FN5O/c1-2-5-19(28)27-18-7-4-3-6-17(18)25-21(27)23-12-15-13-24-26-20(15)14-8-10-16(22)11-9-14/h3-4,6-11,13H,2,5,12H2,1H3,(H,23,25)(H,24,26). The van der Waals surface area contributed by atoms with E-state index in [9.17, 15) is 9.18 Å². The first-order chi connectivity index (χ1) is 13.7. The molecule has 7 heteroatoms. The molecule has 0 bridgehead atoms. The van der Waals surface area contributed by atoms with Crippen LogP contribution in [-0.4, -0.2) is 25.7 Å². The lowest BCUT2D eigenvalue weighted by Gasteiger charge is -2.10. The van der Waals surface area contributed by atoms with E-state index in [1.165, 1.54) is 12.1 Å². The zero-order valence-corrected chi connectivity index (χ0v) is 15.4. The van der Waals surface area contributed by atoms with Crippen molar-refractivity contribution in [3.05, 3.63) is 66.1 Å². The molecule has 0 atom stereocenters. The number of benzene rings is 2. The summed E-state index contributed by atoms with van der Waals surface area (Å²) >= 11 is 0. The minimum atomic E-state index is -0.286. The minimum Gasteiger partial charge on any atom is -0.351 e. The largest absolute Gasteiger partial charge is 0.351 e. The summed E-state index contributed by atoms with van der Waals surface area (Å²) in [6, 6.07) is 13.8. The Morgan fingerprint density at radius 2 is 1.96 bits per heavy atom. The van der Waals surface area contributed by atoms with Gasteiger partial charge in [0.1, 0.15) is 5.82 Å². The molecule has 2 aromatic heterocycles. The quantitative estimate of drug-likeness (QED) is 0.514. The molecule has 0 saturated carbocycles. The number of H-pyrrole nitrogens is 1. The summed E-state index contributed by atoms with van der Waals surface area (Å²) in [5, 5.41) is 10.3. The number of nitrogens with one attached hydrogen (secondary N) is 2. The summed E-state index contributed by atoms with van der Waals surface area (Å²) in [6.07, 6.45) is 2.93. The molecule has 2 heterocycles. The predicted molar refractivity (Wildman–Crippen MR) is 107 cm³/mol. The highest BCUT2D eigenvalue weighted by molar-refractivity contribution is 5.93. The van der Waals surface area contributed by atoms with Gasteiger partial charge >= 0.3 is 0 Å². The molecular weight excluding hydrogens is 357 g/mol. The van der Waals surface area contributed by atoms with Crippen LogP contribution < -0.4 is 5.32 Å². The molecular formula is C21H20FN5O. The van der Waals surface area contributed by atoms with Gasteiger partial charge in [0.2, 0.25) is 11.9 Å². The number of aromatic nitrogens is 4. The zero-order chi connectivity index (χ0) is 19.5. The Hall–Kier alpha value is -3.48. The average Bonchev–Trinajstić information content (AvgIpc) is 3.31. The highest BCUT2D eigenvalue weighted by atomic mass is 19.1. The lowest BCUT2D eigenvalue weighted by Crippen LogP contribution is -2.14. The van der Waals surface area contributed by atoms with Gasteiger partial charge in [-0.2, -0.15) is 5.10 Å². The molecule has 0 aliphatic rings. The van der Waals surface area contributed by atoms with E-state index in [4.69, 9.17) is 0 Å². The lowest BCUT2D eigenvalue weighted by molar-refractivity contribution is 0.0909. The second-order valence-corrected chi connectivity index (χ2v) is 6.53. The van der Waals surface area contributed by atoms with Crippen molar-refractivity contribution in [3.63, 3.8) is 0 Å². The van der Waals surface area contributed by atoms with Crippen LogP contribution in [0.4, 0.5) is 10.3 Å². The Morgan fingerprint density at radius 3 is 2.75 bits per heavy atom. The zero-order valence-electron chi connectivity index (χ0n) is 15.4. The SMILES string of the molecule is CCCC(=O)n1c(NCc2cn[nH]c2-c2ccc(F)cc2)nc2ccccc21. The van der Waals surface area contributed by atoms with Crippen molar-refractivity contribution in [2.75, 3.05) is 5.32 Å². The fourth-order valence-electron chi connectivity index (χ4n) is 3.21. The van der Waals surface area contributed by atoms with E-state index >= 15 is 0 Å². The van der Waals surface area contributed by atoms with Gasteiger partial charge in [-0.1, -0.05) is 19.1 Å². The number of nitrogens with zero attached hydrogens (tertiary/aromatic N) is 3. The first-order valence-electron chi connectivity index (χ1n) is 9.20. The van der Waals surface area contributed by atoms with E-state index in [1.54, 1.807) is 22.9 Å². The first kappa shape index (κ1) is 17.9. The number of carbonyl (C=O) groups is 1. The van der Waals surface area contributed by atoms with Crippen LogP contribution in [0.3, 0.4) is 0 Å². The van der Waals surface area contributed by atoms with Crippen LogP contribution in [0.5, 0.6) is 0 Å². The highest BCUT2D eigenvalue weighted by Gasteiger charge is 2.17. The molecule has 4 aromatic rings. The number of rotatable bonds is 6. The fourth-order valence-corrected chi connectivity index (χ4v) is 3.21. The van der Waals surface area contributed by atoms with Crippen LogP contribution in [0.2, 0.25) is 0 Å². The van der Waals surface area contributed by atoms with Gasteiger partial charge in [-0.25, -0.2) is 13.9 Å². The Bertz CT molecular complexity index is 1110. The molecule has 0 radical (unpaired) electrons. The van der Waals surface area contributed by atoms with Crippen LogP contribution in [0.25, 0.3) is 22.3 Å².